The van der Waals surface area contributed by atoms with Gasteiger partial charge in [-0.05, 0) is 12.8 Å². The summed E-state index contributed by atoms with van der Waals surface area (Å²) < 4.78 is 0. The summed E-state index contributed by atoms with van der Waals surface area (Å²) in [5.74, 6) is -1.01. The van der Waals surface area contributed by atoms with E-state index >= 15 is 0 Å². The Balaban J connectivity index is 1.84. The van der Waals surface area contributed by atoms with Crippen LogP contribution in [0.25, 0.3) is 0 Å². The first-order valence-electron chi connectivity index (χ1n) is 7.17. The van der Waals surface area contributed by atoms with Gasteiger partial charge in [-0.15, -0.1) is 0 Å². The van der Waals surface area contributed by atoms with Crippen LogP contribution in [-0.4, -0.2) is 40.8 Å². The maximum atomic E-state index is 12.3. The summed E-state index contributed by atoms with van der Waals surface area (Å²) in [5, 5.41) is 8.59. The average Bonchev–Trinajstić information content (AvgIpc) is 2.53. The lowest BCUT2D eigenvalue weighted by molar-refractivity contribution is -0.141. The molecule has 2 rings (SSSR count). The topological polar surface area (TPSA) is 74.7 Å². The van der Waals surface area contributed by atoms with Crippen LogP contribution in [-0.2, 0) is 9.59 Å². The summed E-state index contributed by atoms with van der Waals surface area (Å²) in [6.45, 7) is 1.06. The minimum absolute atomic E-state index is 0.0344. The molecular weight excluding hydrogens is 270 g/mol. The Hall–Kier alpha value is -2.17. The summed E-state index contributed by atoms with van der Waals surface area (Å²) in [4.78, 5) is 36.3. The van der Waals surface area contributed by atoms with Crippen molar-refractivity contribution >= 4 is 17.7 Å². The van der Waals surface area contributed by atoms with Crippen LogP contribution in [0.4, 0.5) is 0 Å². The molecule has 1 fully saturated rings. The molecule has 5 heteroatoms. The smallest absolute Gasteiger partial charge is 0.303 e. The molecule has 0 radical (unpaired) electrons. The molecule has 1 amide bonds. The number of carboxylic acids is 1. The molecule has 0 unspecified atom stereocenters. The second-order valence-corrected chi connectivity index (χ2v) is 5.28. The molecule has 5 nitrogen and oxygen atoms in total. The van der Waals surface area contributed by atoms with Gasteiger partial charge in [-0.2, -0.15) is 0 Å². The lowest BCUT2D eigenvalue weighted by Crippen LogP contribution is -2.40. The van der Waals surface area contributed by atoms with Gasteiger partial charge >= 0.3 is 5.97 Å². The van der Waals surface area contributed by atoms with Crippen LogP contribution in [0.5, 0.6) is 0 Å². The molecule has 1 aliphatic rings. The van der Waals surface area contributed by atoms with Gasteiger partial charge in [-0.25, -0.2) is 0 Å². The lowest BCUT2D eigenvalue weighted by atomic mass is 9.89. The van der Waals surface area contributed by atoms with Gasteiger partial charge in [0.1, 0.15) is 0 Å². The number of ketones is 1. The van der Waals surface area contributed by atoms with E-state index in [0.29, 0.717) is 31.5 Å². The highest BCUT2D eigenvalue weighted by atomic mass is 16.4. The zero-order valence-corrected chi connectivity index (χ0v) is 11.8. The second-order valence-electron chi connectivity index (χ2n) is 5.28. The number of benzene rings is 1. The number of Topliss-reactive ketones (excluding diaryl/α,β-unsaturated/α-hetero) is 1. The van der Waals surface area contributed by atoms with Crippen LogP contribution < -0.4 is 0 Å². The van der Waals surface area contributed by atoms with Crippen molar-refractivity contribution in [2.45, 2.75) is 25.7 Å². The molecule has 112 valence electrons. The highest BCUT2D eigenvalue weighted by Gasteiger charge is 2.27. The van der Waals surface area contributed by atoms with Crippen molar-refractivity contribution in [2.24, 2.45) is 5.92 Å². The number of carbonyl (C=O) groups is 3. The van der Waals surface area contributed by atoms with Crippen molar-refractivity contribution in [2.75, 3.05) is 13.1 Å². The SMILES string of the molecule is O=C(O)CCC(=O)N1CCC(C(=O)c2ccccc2)CC1. The highest BCUT2D eigenvalue weighted by molar-refractivity contribution is 5.98. The average molecular weight is 289 g/mol. The van der Waals surface area contributed by atoms with Gasteiger partial charge in [-0.1, -0.05) is 30.3 Å². The van der Waals surface area contributed by atoms with Crippen LogP contribution in [0.3, 0.4) is 0 Å². The van der Waals surface area contributed by atoms with E-state index in [-0.39, 0.29) is 30.4 Å². The van der Waals surface area contributed by atoms with E-state index in [2.05, 4.69) is 0 Å². The number of nitrogens with zero attached hydrogens (tertiary/aromatic N) is 1. The third kappa shape index (κ3) is 4.15. The molecule has 1 heterocycles. The first kappa shape index (κ1) is 15.2. The van der Waals surface area contributed by atoms with E-state index in [1.54, 1.807) is 4.90 Å². The number of likely N-dealkylation sites (tertiary alicyclic amines) is 1. The van der Waals surface area contributed by atoms with Crippen molar-refractivity contribution in [1.29, 1.82) is 0 Å². The molecule has 1 aromatic carbocycles. The lowest BCUT2D eigenvalue weighted by Gasteiger charge is -2.31. The molecule has 0 spiro atoms. The summed E-state index contributed by atoms with van der Waals surface area (Å²) >= 11 is 0. The number of hydrogen-bond donors (Lipinski definition) is 1. The molecule has 1 aromatic rings. The number of amides is 1. The molecule has 0 aromatic heterocycles. The Bertz CT molecular complexity index is 518. The molecule has 21 heavy (non-hydrogen) atoms. The van der Waals surface area contributed by atoms with E-state index in [1.165, 1.54) is 0 Å². The fraction of sp³-hybridized carbons (Fsp3) is 0.438. The minimum atomic E-state index is -0.961. The molecule has 1 aliphatic heterocycles. The Kier molecular flexibility index (Phi) is 5.09. The van der Waals surface area contributed by atoms with Crippen LogP contribution in [0.2, 0.25) is 0 Å². The Labute approximate surface area is 123 Å². The zero-order chi connectivity index (χ0) is 15.2. The van der Waals surface area contributed by atoms with Crippen LogP contribution in [0, 0.1) is 5.92 Å². The van der Waals surface area contributed by atoms with Gasteiger partial charge in [0.2, 0.25) is 5.91 Å². The predicted molar refractivity (Wildman–Crippen MR) is 76.9 cm³/mol. The first-order chi connectivity index (χ1) is 10.1. The minimum Gasteiger partial charge on any atom is -0.481 e. The monoisotopic (exact) mass is 289 g/mol. The highest BCUT2D eigenvalue weighted by Crippen LogP contribution is 2.22. The second kappa shape index (κ2) is 7.02. The molecule has 0 bridgehead atoms. The Morgan fingerprint density at radius 3 is 2.24 bits per heavy atom. The third-order valence-corrected chi connectivity index (χ3v) is 3.83. The van der Waals surface area contributed by atoms with Crippen LogP contribution in [0.15, 0.2) is 30.3 Å². The molecule has 1 N–H and O–H groups in total. The molecule has 0 aliphatic carbocycles. The van der Waals surface area contributed by atoms with Gasteiger partial charge in [-0.3, -0.25) is 14.4 Å². The van der Waals surface area contributed by atoms with E-state index in [4.69, 9.17) is 5.11 Å². The van der Waals surface area contributed by atoms with Crippen molar-refractivity contribution in [3.63, 3.8) is 0 Å². The summed E-state index contributed by atoms with van der Waals surface area (Å²) in [5.41, 5.74) is 0.716. The molecular formula is C16H19NO4. The number of hydrogen-bond acceptors (Lipinski definition) is 3. The molecule has 1 saturated heterocycles. The van der Waals surface area contributed by atoms with Crippen LogP contribution >= 0.6 is 0 Å². The quantitative estimate of drug-likeness (QED) is 0.841. The van der Waals surface area contributed by atoms with E-state index in [9.17, 15) is 14.4 Å². The Morgan fingerprint density at radius 2 is 1.67 bits per heavy atom. The fourth-order valence-corrected chi connectivity index (χ4v) is 2.60. The standard InChI is InChI=1S/C16H19NO4/c18-14(6-7-15(19)20)17-10-8-13(9-11-17)16(21)12-4-2-1-3-5-12/h1-5,13H,6-11H2,(H,19,20). The van der Waals surface area contributed by atoms with Crippen molar-refractivity contribution in [1.82, 2.24) is 4.90 Å². The van der Waals surface area contributed by atoms with Gasteiger partial charge in [0.25, 0.3) is 0 Å². The predicted octanol–water partition coefficient (Wildman–Crippen LogP) is 1.97. The van der Waals surface area contributed by atoms with Gasteiger partial charge < -0.3 is 10.0 Å². The van der Waals surface area contributed by atoms with Gasteiger partial charge in [0.15, 0.2) is 5.78 Å². The van der Waals surface area contributed by atoms with Crippen LogP contribution in [0.1, 0.15) is 36.0 Å². The zero-order valence-electron chi connectivity index (χ0n) is 11.8. The Morgan fingerprint density at radius 1 is 1.05 bits per heavy atom. The number of carbonyl (C=O) groups excluding carboxylic acids is 2. The normalized spacial score (nSPS) is 15.7. The number of rotatable bonds is 5. The van der Waals surface area contributed by atoms with E-state index < -0.39 is 5.97 Å². The number of aliphatic carboxylic acids is 1. The maximum Gasteiger partial charge on any atom is 0.303 e. The fourth-order valence-electron chi connectivity index (χ4n) is 2.60. The first-order valence-corrected chi connectivity index (χ1v) is 7.17. The van der Waals surface area contributed by atoms with Gasteiger partial charge in [0.05, 0.1) is 6.42 Å². The van der Waals surface area contributed by atoms with Crippen molar-refractivity contribution < 1.29 is 19.5 Å². The van der Waals surface area contributed by atoms with E-state index in [1.807, 2.05) is 30.3 Å². The summed E-state index contributed by atoms with van der Waals surface area (Å²) in [6, 6.07) is 9.19. The van der Waals surface area contributed by atoms with Crippen molar-refractivity contribution in [3.8, 4) is 0 Å². The maximum absolute atomic E-state index is 12.3. The number of piperidine rings is 1. The largest absolute Gasteiger partial charge is 0.481 e. The van der Waals surface area contributed by atoms with Gasteiger partial charge in [0, 0.05) is 31.0 Å². The summed E-state index contributed by atoms with van der Waals surface area (Å²) in [6.07, 6.45) is 1.19. The summed E-state index contributed by atoms with van der Waals surface area (Å²) in [7, 11) is 0. The third-order valence-electron chi connectivity index (χ3n) is 3.83. The molecule has 0 atom stereocenters. The number of carboxylic acid groups (broad SMARTS) is 1. The van der Waals surface area contributed by atoms with Crippen molar-refractivity contribution in [3.05, 3.63) is 35.9 Å². The molecule has 0 saturated carbocycles. The van der Waals surface area contributed by atoms with E-state index in [0.717, 1.165) is 0 Å².